The van der Waals surface area contributed by atoms with Gasteiger partial charge in [0.15, 0.2) is 0 Å². The summed E-state index contributed by atoms with van der Waals surface area (Å²) in [7, 11) is 0. The second-order valence-corrected chi connectivity index (χ2v) is 2.69. The summed E-state index contributed by atoms with van der Waals surface area (Å²) in [5, 5.41) is 8.57. The maximum absolute atomic E-state index is 11.1. The van der Waals surface area contributed by atoms with Gasteiger partial charge in [-0.1, -0.05) is 0 Å². The summed E-state index contributed by atoms with van der Waals surface area (Å²) in [6.07, 6.45) is 1.32. The van der Waals surface area contributed by atoms with Gasteiger partial charge in [-0.3, -0.25) is 0 Å². The van der Waals surface area contributed by atoms with Gasteiger partial charge in [0.2, 0.25) is 0 Å². The van der Waals surface area contributed by atoms with Crippen LogP contribution >= 0.6 is 0 Å². The second-order valence-electron chi connectivity index (χ2n) is 2.69. The molecule has 1 heterocycles. The molecule has 7 heteroatoms. The summed E-state index contributed by atoms with van der Waals surface area (Å²) < 4.78 is 0.967. The van der Waals surface area contributed by atoms with Crippen LogP contribution < -0.4 is 16.8 Å². The van der Waals surface area contributed by atoms with Gasteiger partial charge in [0.05, 0.1) is 0 Å². The largest absolute Gasteiger partial charge is 0.480 e. The number of aromatic nitrogens is 2. The molecule has 1 atom stereocenters. The van der Waals surface area contributed by atoms with Crippen LogP contribution in [0.4, 0.5) is 5.82 Å². The van der Waals surface area contributed by atoms with E-state index < -0.39 is 17.7 Å². The van der Waals surface area contributed by atoms with Crippen LogP contribution in [0.25, 0.3) is 0 Å². The van der Waals surface area contributed by atoms with E-state index in [4.69, 9.17) is 10.8 Å². The molecule has 0 aliphatic heterocycles. The first kappa shape index (κ1) is 10.0. The highest BCUT2D eigenvalue weighted by Crippen LogP contribution is 1.89. The monoisotopic (exact) mass is 198 g/mol. The predicted molar refractivity (Wildman–Crippen MR) is 49.4 cm³/mol. The van der Waals surface area contributed by atoms with Crippen LogP contribution in [0.3, 0.4) is 0 Å². The first-order valence-electron chi connectivity index (χ1n) is 3.85. The first-order valence-corrected chi connectivity index (χ1v) is 3.85. The van der Waals surface area contributed by atoms with Crippen molar-refractivity contribution in [3.8, 4) is 0 Å². The molecule has 0 aliphatic rings. The third-order valence-corrected chi connectivity index (χ3v) is 1.53. The number of nitrogens with one attached hydrogen (secondary N) is 1. The van der Waals surface area contributed by atoms with Crippen molar-refractivity contribution >= 4 is 11.8 Å². The maximum atomic E-state index is 11.1. The van der Waals surface area contributed by atoms with Gasteiger partial charge in [-0.25, -0.2) is 14.3 Å². The molecule has 1 aromatic heterocycles. The third kappa shape index (κ3) is 2.22. The Morgan fingerprint density at radius 2 is 2.43 bits per heavy atom. The molecule has 0 spiro atoms. The van der Waals surface area contributed by atoms with Gasteiger partial charge in [0, 0.05) is 6.20 Å². The van der Waals surface area contributed by atoms with E-state index in [1.165, 1.54) is 19.2 Å². The number of carbonyl (C=O) groups is 1. The Bertz CT molecular complexity index is 400. The van der Waals surface area contributed by atoms with Crippen molar-refractivity contribution in [1.82, 2.24) is 9.66 Å². The number of hydrogen-bond acceptors (Lipinski definition) is 5. The highest BCUT2D eigenvalue weighted by Gasteiger charge is 2.10. The van der Waals surface area contributed by atoms with E-state index in [-0.39, 0.29) is 5.82 Å². The molecule has 0 bridgehead atoms. The molecule has 0 saturated carbocycles. The number of carboxylic acid groups (broad SMARTS) is 1. The van der Waals surface area contributed by atoms with Gasteiger partial charge in [-0.2, -0.15) is 4.98 Å². The molecule has 14 heavy (non-hydrogen) atoms. The zero-order valence-electron chi connectivity index (χ0n) is 7.47. The number of hydrogen-bond donors (Lipinski definition) is 3. The van der Waals surface area contributed by atoms with E-state index in [0.29, 0.717) is 0 Å². The number of nitrogens with two attached hydrogens (primary N) is 1. The van der Waals surface area contributed by atoms with Crippen LogP contribution in [-0.2, 0) is 4.79 Å². The number of anilines is 1. The van der Waals surface area contributed by atoms with Gasteiger partial charge >= 0.3 is 11.7 Å². The molecule has 4 N–H and O–H groups in total. The van der Waals surface area contributed by atoms with Crippen LogP contribution in [0, 0.1) is 0 Å². The Morgan fingerprint density at radius 1 is 1.79 bits per heavy atom. The summed E-state index contributed by atoms with van der Waals surface area (Å²) in [4.78, 5) is 25.0. The van der Waals surface area contributed by atoms with Crippen molar-refractivity contribution in [2.24, 2.45) is 0 Å². The van der Waals surface area contributed by atoms with Crippen molar-refractivity contribution in [3.05, 3.63) is 22.7 Å². The molecule has 7 nitrogen and oxygen atoms in total. The van der Waals surface area contributed by atoms with E-state index in [9.17, 15) is 9.59 Å². The molecule has 0 radical (unpaired) electrons. The van der Waals surface area contributed by atoms with Gasteiger partial charge < -0.3 is 16.3 Å². The summed E-state index contributed by atoms with van der Waals surface area (Å²) in [5.41, 5.74) is 7.03. The van der Waals surface area contributed by atoms with Gasteiger partial charge in [-0.05, 0) is 13.0 Å². The molecule has 0 aliphatic carbocycles. The fourth-order valence-corrected chi connectivity index (χ4v) is 0.778. The molecular weight excluding hydrogens is 188 g/mol. The zero-order chi connectivity index (χ0) is 10.7. The van der Waals surface area contributed by atoms with Crippen LogP contribution in [-0.4, -0.2) is 26.8 Å². The fourth-order valence-electron chi connectivity index (χ4n) is 0.778. The maximum Gasteiger partial charge on any atom is 0.368 e. The van der Waals surface area contributed by atoms with Crippen LogP contribution in [0.15, 0.2) is 17.1 Å². The van der Waals surface area contributed by atoms with E-state index in [1.54, 1.807) is 0 Å². The molecular formula is C7H10N4O3. The highest BCUT2D eigenvalue weighted by molar-refractivity contribution is 5.74. The van der Waals surface area contributed by atoms with Crippen LogP contribution in [0.1, 0.15) is 6.92 Å². The Labute approximate surface area is 79.2 Å². The molecule has 0 fully saturated rings. The standard InChI is InChI=1S/C7H10N4O3/c1-4(6(12)13)10-11-3-2-5(8)9-7(11)14/h2-4,10H,1H3,(H,12,13)(H2,8,9,14)/t4-/m0/s1. The van der Waals surface area contributed by atoms with Crippen molar-refractivity contribution in [3.63, 3.8) is 0 Å². The summed E-state index contributed by atoms with van der Waals surface area (Å²) in [6.45, 7) is 1.41. The normalized spacial score (nSPS) is 12.1. The molecule has 76 valence electrons. The topological polar surface area (TPSA) is 110 Å². The molecule has 1 aromatic rings. The lowest BCUT2D eigenvalue weighted by Crippen LogP contribution is -2.39. The van der Waals surface area contributed by atoms with E-state index in [1.807, 2.05) is 0 Å². The van der Waals surface area contributed by atoms with Crippen molar-refractivity contribution in [2.75, 3.05) is 11.2 Å². The summed E-state index contributed by atoms with van der Waals surface area (Å²) >= 11 is 0. The molecule has 1 rings (SSSR count). The molecule has 0 unspecified atom stereocenters. The fraction of sp³-hybridized carbons (Fsp3) is 0.286. The summed E-state index contributed by atoms with van der Waals surface area (Å²) in [6, 6.07) is 0.515. The van der Waals surface area contributed by atoms with Crippen LogP contribution in [0.5, 0.6) is 0 Å². The van der Waals surface area contributed by atoms with Gasteiger partial charge in [0.25, 0.3) is 0 Å². The predicted octanol–water partition coefficient (Wildman–Crippen LogP) is -1.16. The molecule has 0 saturated heterocycles. The minimum atomic E-state index is -1.06. The van der Waals surface area contributed by atoms with E-state index in [2.05, 4.69) is 10.4 Å². The van der Waals surface area contributed by atoms with Crippen molar-refractivity contribution in [1.29, 1.82) is 0 Å². The Morgan fingerprint density at radius 3 is 2.93 bits per heavy atom. The average Bonchev–Trinajstić information content (AvgIpc) is 2.09. The average molecular weight is 198 g/mol. The minimum Gasteiger partial charge on any atom is -0.480 e. The number of nitrogens with zero attached hydrogens (tertiary/aromatic N) is 2. The highest BCUT2D eigenvalue weighted by atomic mass is 16.4. The number of aliphatic carboxylic acids is 1. The Balaban J connectivity index is 2.88. The van der Waals surface area contributed by atoms with Gasteiger partial charge in [0.1, 0.15) is 11.9 Å². The second kappa shape index (κ2) is 3.77. The minimum absolute atomic E-state index is 0.0935. The first-order chi connectivity index (χ1) is 6.50. The van der Waals surface area contributed by atoms with Gasteiger partial charge in [-0.15, -0.1) is 0 Å². The lowest BCUT2D eigenvalue weighted by atomic mass is 10.4. The molecule has 0 amide bonds. The Kier molecular flexibility index (Phi) is 2.70. The van der Waals surface area contributed by atoms with Crippen molar-refractivity contribution in [2.45, 2.75) is 13.0 Å². The van der Waals surface area contributed by atoms with E-state index >= 15 is 0 Å². The quantitative estimate of drug-likeness (QED) is 0.565. The van der Waals surface area contributed by atoms with Crippen molar-refractivity contribution < 1.29 is 9.90 Å². The Hall–Kier alpha value is -2.05. The summed E-state index contributed by atoms with van der Waals surface area (Å²) in [5.74, 6) is -0.968. The number of rotatable bonds is 3. The molecule has 0 aromatic carbocycles. The lowest BCUT2D eigenvalue weighted by Gasteiger charge is -2.11. The number of carboxylic acids is 1. The lowest BCUT2D eigenvalue weighted by molar-refractivity contribution is -0.137. The van der Waals surface area contributed by atoms with E-state index in [0.717, 1.165) is 4.68 Å². The number of nitrogen functional groups attached to an aromatic ring is 1. The smallest absolute Gasteiger partial charge is 0.368 e. The third-order valence-electron chi connectivity index (χ3n) is 1.53. The SMILES string of the molecule is C[C@H](Nn1ccc(N)nc1=O)C(=O)O. The zero-order valence-corrected chi connectivity index (χ0v) is 7.47. The van der Waals surface area contributed by atoms with Crippen LogP contribution in [0.2, 0.25) is 0 Å².